The number of aromatic nitrogens is 1. The number of carbonyl (C=O) groups excluding carboxylic acids is 1. The first-order valence-electron chi connectivity index (χ1n) is 14.8. The van der Waals surface area contributed by atoms with E-state index in [1.807, 2.05) is 32.0 Å². The molecule has 5 rings (SSSR count). The third-order valence-electron chi connectivity index (χ3n) is 8.16. The van der Waals surface area contributed by atoms with Gasteiger partial charge in [0.05, 0.1) is 5.69 Å². The van der Waals surface area contributed by atoms with Crippen LogP contribution in [-0.2, 0) is 14.2 Å². The maximum absolute atomic E-state index is 12.7. The molecule has 2 aromatic carbocycles. The van der Waals surface area contributed by atoms with Crippen molar-refractivity contribution in [1.29, 1.82) is 0 Å². The minimum atomic E-state index is 0.162. The van der Waals surface area contributed by atoms with Crippen LogP contribution in [0.2, 0.25) is 0 Å². The van der Waals surface area contributed by atoms with Crippen LogP contribution in [0.25, 0.3) is 21.9 Å². The fourth-order valence-electron chi connectivity index (χ4n) is 5.96. The van der Waals surface area contributed by atoms with Crippen molar-refractivity contribution >= 4 is 16.6 Å². The zero-order chi connectivity index (χ0) is 27.8. The molecule has 39 heavy (non-hydrogen) atoms. The molecule has 210 valence electrons. The van der Waals surface area contributed by atoms with E-state index in [0.29, 0.717) is 36.7 Å². The van der Waals surface area contributed by atoms with Gasteiger partial charge in [-0.25, -0.2) is 0 Å². The third-order valence-corrected chi connectivity index (χ3v) is 8.16. The smallest absolute Gasteiger partial charge is 0.162 e. The maximum Gasteiger partial charge on any atom is 0.162 e. The zero-order valence-corrected chi connectivity index (χ0v) is 24.4. The van der Waals surface area contributed by atoms with E-state index in [1.165, 1.54) is 22.2 Å². The molecule has 2 saturated heterocycles. The number of ether oxygens (including phenoxy) is 3. The number of hydrogen-bond acceptors (Lipinski definition) is 5. The Hall–Kier alpha value is -2.60. The third kappa shape index (κ3) is 6.95. The van der Waals surface area contributed by atoms with E-state index in [-0.39, 0.29) is 5.78 Å². The van der Waals surface area contributed by atoms with Gasteiger partial charge in [0.2, 0.25) is 0 Å². The summed E-state index contributed by atoms with van der Waals surface area (Å²) in [5.41, 5.74) is 5.36. The molecule has 0 radical (unpaired) electrons. The summed E-state index contributed by atoms with van der Waals surface area (Å²) in [6.45, 7) is 12.3. The van der Waals surface area contributed by atoms with Crippen molar-refractivity contribution in [2.45, 2.75) is 65.2 Å². The van der Waals surface area contributed by atoms with Crippen molar-refractivity contribution in [3.05, 3.63) is 65.5 Å². The summed E-state index contributed by atoms with van der Waals surface area (Å²) in [5, 5.41) is 2.46. The van der Waals surface area contributed by atoms with Gasteiger partial charge in [-0.05, 0) is 65.8 Å². The second-order valence-corrected chi connectivity index (χ2v) is 10.9. The summed E-state index contributed by atoms with van der Waals surface area (Å²) in [6, 6.07) is 17.0. The predicted molar refractivity (Wildman–Crippen MR) is 159 cm³/mol. The molecule has 5 heteroatoms. The van der Waals surface area contributed by atoms with Gasteiger partial charge in [-0.2, -0.15) is 0 Å². The Bertz CT molecular complexity index is 1240. The van der Waals surface area contributed by atoms with Crippen molar-refractivity contribution in [2.75, 3.05) is 40.1 Å². The monoisotopic (exact) mass is 531 g/mol. The van der Waals surface area contributed by atoms with Gasteiger partial charge in [-0.3, -0.25) is 9.78 Å². The van der Waals surface area contributed by atoms with Crippen LogP contribution in [0, 0.1) is 11.8 Å². The van der Waals surface area contributed by atoms with Crippen LogP contribution in [0.3, 0.4) is 0 Å². The molecule has 2 aliphatic heterocycles. The SMILES string of the molecule is CC.COCCCC(=O)c1cccc(-c2ccc3c(C4CCOC[C@@H]4C)nc(C4CCOC[C@@H]4C)cc3c2)c1. The molecule has 2 aliphatic rings. The number of ketones is 1. The Morgan fingerprint density at radius 2 is 1.62 bits per heavy atom. The highest BCUT2D eigenvalue weighted by molar-refractivity contribution is 5.97. The van der Waals surface area contributed by atoms with Gasteiger partial charge in [-0.1, -0.05) is 58.0 Å². The average Bonchev–Trinajstić information content (AvgIpc) is 2.98. The van der Waals surface area contributed by atoms with E-state index in [2.05, 4.69) is 44.2 Å². The van der Waals surface area contributed by atoms with Crippen LogP contribution in [0.1, 0.15) is 87.0 Å². The number of methoxy groups -OCH3 is 1. The van der Waals surface area contributed by atoms with Gasteiger partial charge < -0.3 is 14.2 Å². The quantitative estimate of drug-likeness (QED) is 0.219. The Morgan fingerprint density at radius 3 is 2.31 bits per heavy atom. The minimum absolute atomic E-state index is 0.162. The van der Waals surface area contributed by atoms with Gasteiger partial charge >= 0.3 is 0 Å². The minimum Gasteiger partial charge on any atom is -0.385 e. The molecule has 3 heterocycles. The second kappa shape index (κ2) is 14.2. The number of rotatable bonds is 8. The molecular weight excluding hydrogens is 486 g/mol. The number of hydrogen-bond donors (Lipinski definition) is 0. The van der Waals surface area contributed by atoms with E-state index >= 15 is 0 Å². The van der Waals surface area contributed by atoms with Gasteiger partial charge in [0.1, 0.15) is 0 Å². The lowest BCUT2D eigenvalue weighted by Gasteiger charge is -2.32. The van der Waals surface area contributed by atoms with Crippen LogP contribution >= 0.6 is 0 Å². The van der Waals surface area contributed by atoms with Crippen molar-refractivity contribution in [1.82, 2.24) is 4.98 Å². The topological polar surface area (TPSA) is 57.7 Å². The predicted octanol–water partition coefficient (Wildman–Crippen LogP) is 7.82. The number of fused-ring (bicyclic) bond motifs is 1. The van der Waals surface area contributed by atoms with Gasteiger partial charge in [-0.15, -0.1) is 0 Å². The summed E-state index contributed by atoms with van der Waals surface area (Å²) in [7, 11) is 1.67. The summed E-state index contributed by atoms with van der Waals surface area (Å²) in [5.74, 6) is 1.85. The van der Waals surface area contributed by atoms with Crippen molar-refractivity contribution in [3.63, 3.8) is 0 Å². The lowest BCUT2D eigenvalue weighted by molar-refractivity contribution is 0.0441. The molecule has 0 aliphatic carbocycles. The summed E-state index contributed by atoms with van der Waals surface area (Å²) >= 11 is 0. The van der Waals surface area contributed by atoms with Crippen molar-refractivity contribution in [3.8, 4) is 11.1 Å². The fraction of sp³-hybridized carbons (Fsp3) is 0.529. The summed E-state index contributed by atoms with van der Waals surface area (Å²) in [4.78, 5) is 18.1. The fourth-order valence-corrected chi connectivity index (χ4v) is 5.96. The molecule has 0 amide bonds. The van der Waals surface area contributed by atoms with Crippen molar-refractivity contribution < 1.29 is 19.0 Å². The maximum atomic E-state index is 12.7. The molecule has 0 saturated carbocycles. The first-order chi connectivity index (χ1) is 19.0. The van der Waals surface area contributed by atoms with Crippen LogP contribution in [0.15, 0.2) is 48.5 Å². The summed E-state index contributed by atoms with van der Waals surface area (Å²) in [6.07, 6.45) is 3.25. The van der Waals surface area contributed by atoms with Crippen LogP contribution in [0.4, 0.5) is 0 Å². The molecule has 0 spiro atoms. The van der Waals surface area contributed by atoms with Crippen LogP contribution in [-0.4, -0.2) is 50.9 Å². The van der Waals surface area contributed by atoms with Gasteiger partial charge in [0.15, 0.2) is 5.78 Å². The van der Waals surface area contributed by atoms with Crippen LogP contribution < -0.4 is 0 Å². The van der Waals surface area contributed by atoms with E-state index in [4.69, 9.17) is 19.2 Å². The zero-order valence-electron chi connectivity index (χ0n) is 24.4. The van der Waals surface area contributed by atoms with E-state index in [0.717, 1.165) is 62.4 Å². The molecule has 5 nitrogen and oxygen atoms in total. The molecule has 2 unspecified atom stereocenters. The molecule has 1 aromatic heterocycles. The first-order valence-corrected chi connectivity index (χ1v) is 14.8. The summed E-state index contributed by atoms with van der Waals surface area (Å²) < 4.78 is 16.6. The number of nitrogens with zero attached hydrogens (tertiary/aromatic N) is 1. The number of carbonyl (C=O) groups is 1. The van der Waals surface area contributed by atoms with Crippen molar-refractivity contribution in [2.24, 2.45) is 11.8 Å². The molecule has 4 atom stereocenters. The average molecular weight is 532 g/mol. The first kappa shape index (κ1) is 29.4. The normalized spacial score (nSPS) is 23.2. The molecule has 0 N–H and O–H groups in total. The van der Waals surface area contributed by atoms with E-state index in [9.17, 15) is 4.79 Å². The number of Topliss-reactive ketones (excluding diaryl/α,β-unsaturated/α-hetero) is 1. The Kier molecular flexibility index (Phi) is 10.7. The number of benzene rings is 2. The standard InChI is InChI=1S/C32H39NO4.C2H6/c1-21-19-36-14-11-27(21)30-18-26-17-24(23-6-4-7-25(16-23)31(34)8-5-13-35-3)9-10-29(26)32(33-30)28-12-15-37-20-22(28)2;1-2/h4,6-7,9-10,16-18,21-22,27-28H,5,8,11-15,19-20H2,1-3H3;1-2H3/t21-,22-,27?,28?;/m0./s1. The highest BCUT2D eigenvalue weighted by Crippen LogP contribution is 2.39. The van der Waals surface area contributed by atoms with Crippen LogP contribution in [0.5, 0.6) is 0 Å². The Morgan fingerprint density at radius 1 is 0.923 bits per heavy atom. The number of pyridine rings is 1. The Labute approximate surface area is 234 Å². The highest BCUT2D eigenvalue weighted by atomic mass is 16.5. The molecular formula is C34H45NO4. The lowest BCUT2D eigenvalue weighted by Crippen LogP contribution is -2.27. The largest absolute Gasteiger partial charge is 0.385 e. The van der Waals surface area contributed by atoms with Gasteiger partial charge in [0, 0.05) is 75.0 Å². The molecule has 2 fully saturated rings. The van der Waals surface area contributed by atoms with E-state index in [1.54, 1.807) is 7.11 Å². The van der Waals surface area contributed by atoms with Gasteiger partial charge in [0.25, 0.3) is 0 Å². The van der Waals surface area contributed by atoms with E-state index < -0.39 is 0 Å². The molecule has 0 bridgehead atoms. The highest BCUT2D eigenvalue weighted by Gasteiger charge is 2.30. The Balaban J connectivity index is 0.00000172. The molecule has 3 aromatic rings. The lowest BCUT2D eigenvalue weighted by atomic mass is 9.82. The second-order valence-electron chi connectivity index (χ2n) is 10.9.